The molecule has 0 atom stereocenters. The molecule has 0 spiro atoms. The predicted molar refractivity (Wildman–Crippen MR) is 96.3 cm³/mol. The molecule has 0 N–H and O–H groups in total. The van der Waals surface area contributed by atoms with Gasteiger partial charge in [0, 0.05) is 29.3 Å². The molecule has 0 unspecified atom stereocenters. The van der Waals surface area contributed by atoms with Crippen molar-refractivity contribution < 1.29 is 0 Å². The molecule has 3 rings (SSSR count). The molecule has 3 nitrogen and oxygen atoms in total. The molecule has 3 aromatic rings. The topological polar surface area (TPSA) is 30.7 Å². The Hall–Kier alpha value is -1.49. The molecular weight excluding hydrogens is 349 g/mol. The molecular formula is C17H15Cl2N3S. The molecule has 1 aromatic heterocycles. The molecule has 0 aliphatic carbocycles. The second-order valence-electron chi connectivity index (χ2n) is 5.18. The van der Waals surface area contributed by atoms with Crippen LogP contribution in [0.15, 0.2) is 53.7 Å². The molecule has 0 radical (unpaired) electrons. The number of rotatable bonds is 5. The summed E-state index contributed by atoms with van der Waals surface area (Å²) in [5.41, 5.74) is 2.38. The Bertz CT molecular complexity index is 783. The van der Waals surface area contributed by atoms with Gasteiger partial charge < -0.3 is 4.57 Å². The highest BCUT2D eigenvalue weighted by Gasteiger charge is 2.10. The lowest BCUT2D eigenvalue weighted by Crippen LogP contribution is -2.00. The van der Waals surface area contributed by atoms with Crippen LogP contribution in [0.5, 0.6) is 0 Å². The van der Waals surface area contributed by atoms with E-state index < -0.39 is 0 Å². The Labute approximate surface area is 149 Å². The van der Waals surface area contributed by atoms with E-state index >= 15 is 0 Å². The molecule has 0 saturated heterocycles. The van der Waals surface area contributed by atoms with E-state index in [-0.39, 0.29) is 0 Å². The minimum absolute atomic E-state index is 0.738. The van der Waals surface area contributed by atoms with Crippen molar-refractivity contribution in [3.63, 3.8) is 0 Å². The van der Waals surface area contributed by atoms with Gasteiger partial charge in [-0.2, -0.15) is 0 Å². The van der Waals surface area contributed by atoms with Crippen LogP contribution in [0.25, 0.3) is 0 Å². The van der Waals surface area contributed by atoms with E-state index in [1.807, 2.05) is 60.1 Å². The van der Waals surface area contributed by atoms with Crippen LogP contribution in [0, 0.1) is 0 Å². The van der Waals surface area contributed by atoms with Crippen molar-refractivity contribution in [2.75, 3.05) is 0 Å². The first kappa shape index (κ1) is 16.4. The molecule has 0 amide bonds. The number of hydrogen-bond acceptors (Lipinski definition) is 3. The number of thioether (sulfide) groups is 1. The van der Waals surface area contributed by atoms with Gasteiger partial charge in [0.05, 0.1) is 0 Å². The quantitative estimate of drug-likeness (QED) is 0.597. The molecule has 0 bridgehead atoms. The third-order valence-electron chi connectivity index (χ3n) is 3.48. The van der Waals surface area contributed by atoms with Crippen molar-refractivity contribution in [1.82, 2.24) is 14.8 Å². The van der Waals surface area contributed by atoms with Gasteiger partial charge in [-0.1, -0.05) is 59.2 Å². The SMILES string of the molecule is Cn1c(Cc2ccc(Cl)cc2)nnc1SCc1ccc(Cl)cc1. The number of hydrogen-bond donors (Lipinski definition) is 0. The predicted octanol–water partition coefficient (Wildman–Crippen LogP) is 5.01. The molecule has 1 heterocycles. The minimum atomic E-state index is 0.738. The summed E-state index contributed by atoms with van der Waals surface area (Å²) in [6, 6.07) is 15.7. The molecule has 23 heavy (non-hydrogen) atoms. The van der Waals surface area contributed by atoms with Gasteiger partial charge in [-0.3, -0.25) is 0 Å². The van der Waals surface area contributed by atoms with E-state index in [9.17, 15) is 0 Å². The lowest BCUT2D eigenvalue weighted by molar-refractivity contribution is 0.749. The van der Waals surface area contributed by atoms with Crippen LogP contribution >= 0.6 is 35.0 Å². The van der Waals surface area contributed by atoms with Gasteiger partial charge in [-0.25, -0.2) is 0 Å². The van der Waals surface area contributed by atoms with Crippen molar-refractivity contribution in [2.24, 2.45) is 7.05 Å². The molecule has 0 aliphatic heterocycles. The summed E-state index contributed by atoms with van der Waals surface area (Å²) >= 11 is 13.5. The van der Waals surface area contributed by atoms with Crippen LogP contribution in [0.1, 0.15) is 17.0 Å². The van der Waals surface area contributed by atoms with Crippen LogP contribution in [0.2, 0.25) is 10.0 Å². The fourth-order valence-corrected chi connectivity index (χ4v) is 3.28. The Morgan fingerprint density at radius 2 is 1.43 bits per heavy atom. The Kier molecular flexibility index (Phi) is 5.26. The zero-order valence-electron chi connectivity index (χ0n) is 12.5. The van der Waals surface area contributed by atoms with Crippen molar-refractivity contribution in [1.29, 1.82) is 0 Å². The zero-order chi connectivity index (χ0) is 16.2. The maximum atomic E-state index is 5.91. The van der Waals surface area contributed by atoms with Gasteiger partial charge >= 0.3 is 0 Å². The fraction of sp³-hybridized carbons (Fsp3) is 0.176. The lowest BCUT2D eigenvalue weighted by atomic mass is 10.1. The van der Waals surface area contributed by atoms with Crippen LogP contribution in [-0.4, -0.2) is 14.8 Å². The highest BCUT2D eigenvalue weighted by molar-refractivity contribution is 7.98. The summed E-state index contributed by atoms with van der Waals surface area (Å²) in [4.78, 5) is 0. The Balaban J connectivity index is 1.66. The van der Waals surface area contributed by atoms with Crippen molar-refractivity contribution in [3.05, 3.63) is 75.5 Å². The van der Waals surface area contributed by atoms with Gasteiger partial charge in [0.2, 0.25) is 0 Å². The van der Waals surface area contributed by atoms with Crippen molar-refractivity contribution >= 4 is 35.0 Å². The minimum Gasteiger partial charge on any atom is -0.309 e. The Morgan fingerprint density at radius 1 is 0.870 bits per heavy atom. The van der Waals surface area contributed by atoms with E-state index in [1.54, 1.807) is 11.8 Å². The summed E-state index contributed by atoms with van der Waals surface area (Å²) < 4.78 is 2.04. The van der Waals surface area contributed by atoms with E-state index in [1.165, 1.54) is 11.1 Å². The van der Waals surface area contributed by atoms with Crippen LogP contribution in [-0.2, 0) is 19.2 Å². The normalized spacial score (nSPS) is 10.9. The second kappa shape index (κ2) is 7.39. The molecule has 0 aliphatic rings. The molecule has 118 valence electrons. The number of aromatic nitrogens is 3. The first-order valence-electron chi connectivity index (χ1n) is 7.12. The van der Waals surface area contributed by atoms with Gasteiger partial charge in [-0.05, 0) is 35.4 Å². The average Bonchev–Trinajstić information content (AvgIpc) is 2.90. The largest absolute Gasteiger partial charge is 0.309 e. The maximum Gasteiger partial charge on any atom is 0.191 e. The van der Waals surface area contributed by atoms with E-state index in [2.05, 4.69) is 10.2 Å². The third kappa shape index (κ3) is 4.28. The van der Waals surface area contributed by atoms with Gasteiger partial charge in [-0.15, -0.1) is 10.2 Å². The number of nitrogens with zero attached hydrogens (tertiary/aromatic N) is 3. The summed E-state index contributed by atoms with van der Waals surface area (Å²) in [5.74, 6) is 1.77. The second-order valence-corrected chi connectivity index (χ2v) is 6.99. The highest BCUT2D eigenvalue weighted by Crippen LogP contribution is 2.23. The summed E-state index contributed by atoms with van der Waals surface area (Å²) in [6.07, 6.45) is 0.738. The van der Waals surface area contributed by atoms with Gasteiger partial charge in [0.1, 0.15) is 5.82 Å². The Morgan fingerprint density at radius 3 is 2.04 bits per heavy atom. The molecule has 6 heteroatoms. The monoisotopic (exact) mass is 363 g/mol. The summed E-state index contributed by atoms with van der Waals surface area (Å²) in [6.45, 7) is 0. The fourth-order valence-electron chi connectivity index (χ4n) is 2.14. The smallest absolute Gasteiger partial charge is 0.191 e. The number of benzene rings is 2. The van der Waals surface area contributed by atoms with E-state index in [4.69, 9.17) is 23.2 Å². The van der Waals surface area contributed by atoms with E-state index in [0.717, 1.165) is 33.2 Å². The summed E-state index contributed by atoms with van der Waals surface area (Å²) in [5, 5.41) is 11.0. The van der Waals surface area contributed by atoms with E-state index in [0.29, 0.717) is 0 Å². The highest BCUT2D eigenvalue weighted by atomic mass is 35.5. The molecule has 0 fully saturated rings. The first-order valence-corrected chi connectivity index (χ1v) is 8.86. The van der Waals surface area contributed by atoms with Gasteiger partial charge in [0.15, 0.2) is 5.16 Å². The molecule has 2 aromatic carbocycles. The van der Waals surface area contributed by atoms with Crippen LogP contribution in [0.3, 0.4) is 0 Å². The van der Waals surface area contributed by atoms with Crippen molar-refractivity contribution in [2.45, 2.75) is 17.3 Å². The summed E-state index contributed by atoms with van der Waals surface area (Å²) in [7, 11) is 2.00. The number of halogens is 2. The zero-order valence-corrected chi connectivity index (χ0v) is 14.9. The van der Waals surface area contributed by atoms with Gasteiger partial charge in [0.25, 0.3) is 0 Å². The first-order chi connectivity index (χ1) is 11.1. The lowest BCUT2D eigenvalue weighted by Gasteiger charge is -2.04. The third-order valence-corrected chi connectivity index (χ3v) is 5.08. The maximum absolute atomic E-state index is 5.91. The van der Waals surface area contributed by atoms with Crippen LogP contribution in [0.4, 0.5) is 0 Å². The average molecular weight is 364 g/mol. The van der Waals surface area contributed by atoms with Crippen molar-refractivity contribution in [3.8, 4) is 0 Å². The van der Waals surface area contributed by atoms with Crippen LogP contribution < -0.4 is 0 Å². The molecule has 0 saturated carbocycles. The standard InChI is InChI=1S/C17H15Cl2N3S/c1-22-16(10-12-2-6-14(18)7-3-12)20-21-17(22)23-11-13-4-8-15(19)9-5-13/h2-9H,10-11H2,1H3.